The molecule has 6 nitrogen and oxygen atoms in total. The number of nitriles is 1. The molecule has 0 atom stereocenters. The van der Waals surface area contributed by atoms with Crippen molar-refractivity contribution in [2.24, 2.45) is 0 Å². The van der Waals surface area contributed by atoms with Crippen LogP contribution in [0.3, 0.4) is 0 Å². The average Bonchev–Trinajstić information content (AvgIpc) is 3.33. The number of ketones is 1. The predicted octanol–water partition coefficient (Wildman–Crippen LogP) is 4.78. The van der Waals surface area contributed by atoms with Gasteiger partial charge in [0.05, 0.1) is 28.3 Å². The molecule has 0 saturated carbocycles. The lowest BCUT2D eigenvalue weighted by Crippen LogP contribution is -2.27. The van der Waals surface area contributed by atoms with Gasteiger partial charge in [-0.25, -0.2) is 0 Å². The van der Waals surface area contributed by atoms with Crippen molar-refractivity contribution in [2.45, 2.75) is 20.4 Å². The van der Waals surface area contributed by atoms with E-state index in [9.17, 15) is 20.0 Å². The van der Waals surface area contributed by atoms with E-state index >= 15 is 0 Å². The number of aromatic nitrogens is 1. The summed E-state index contributed by atoms with van der Waals surface area (Å²) in [6.45, 7) is 3.29. The largest absolute Gasteiger partial charge is 0.494 e. The Morgan fingerprint density at radius 2 is 2.10 bits per heavy atom. The smallest absolute Gasteiger partial charge is 0.271 e. The van der Waals surface area contributed by atoms with Crippen LogP contribution in [0, 0.1) is 25.2 Å². The quantitative estimate of drug-likeness (QED) is 0.462. The van der Waals surface area contributed by atoms with Gasteiger partial charge in [-0.05, 0) is 43.2 Å². The minimum absolute atomic E-state index is 0.116. The summed E-state index contributed by atoms with van der Waals surface area (Å²) in [5.41, 5.74) is 0.111. The topological polar surface area (TPSA) is 96.2 Å². The van der Waals surface area contributed by atoms with Crippen LogP contribution in [0.2, 0.25) is 5.02 Å². The lowest BCUT2D eigenvalue weighted by Gasteiger charge is -2.14. The summed E-state index contributed by atoms with van der Waals surface area (Å²) in [4.78, 5) is 26.4. The highest BCUT2D eigenvalue weighted by Crippen LogP contribution is 2.38. The van der Waals surface area contributed by atoms with E-state index in [-0.39, 0.29) is 33.1 Å². The molecule has 1 aromatic carbocycles. The average molecular weight is 439 g/mol. The first-order valence-corrected chi connectivity index (χ1v) is 10.1. The Labute approximate surface area is 180 Å². The Hall–Kier alpha value is -3.34. The molecule has 0 aliphatic carbocycles. The third kappa shape index (κ3) is 3.11. The van der Waals surface area contributed by atoms with Gasteiger partial charge in [0.25, 0.3) is 5.56 Å². The Kier molecular flexibility index (Phi) is 4.98. The number of carbonyl (C=O) groups is 1. The first-order valence-electron chi connectivity index (χ1n) is 8.95. The van der Waals surface area contributed by atoms with E-state index in [0.29, 0.717) is 5.76 Å². The minimum atomic E-state index is -0.696. The number of nitrogens with zero attached hydrogens (tertiary/aromatic N) is 2. The summed E-state index contributed by atoms with van der Waals surface area (Å²) in [5, 5.41) is 21.4. The van der Waals surface area contributed by atoms with Crippen molar-refractivity contribution in [3.63, 3.8) is 0 Å². The van der Waals surface area contributed by atoms with Crippen LogP contribution in [-0.2, 0) is 6.54 Å². The van der Waals surface area contributed by atoms with Crippen molar-refractivity contribution in [3.05, 3.63) is 84.9 Å². The molecule has 0 aliphatic heterocycles. The second kappa shape index (κ2) is 7.48. The maximum absolute atomic E-state index is 13.4. The highest BCUT2D eigenvalue weighted by Gasteiger charge is 2.28. The van der Waals surface area contributed by atoms with Gasteiger partial charge in [-0.2, -0.15) is 5.26 Å². The zero-order valence-corrected chi connectivity index (χ0v) is 17.6. The van der Waals surface area contributed by atoms with Crippen molar-refractivity contribution in [1.82, 2.24) is 4.57 Å². The molecule has 1 N–H and O–H groups in total. The van der Waals surface area contributed by atoms with Crippen LogP contribution in [-0.4, -0.2) is 15.5 Å². The van der Waals surface area contributed by atoms with E-state index in [1.807, 2.05) is 31.2 Å². The van der Waals surface area contributed by atoms with Gasteiger partial charge < -0.3 is 9.52 Å². The molecule has 4 aromatic rings. The van der Waals surface area contributed by atoms with E-state index in [4.69, 9.17) is 16.0 Å². The van der Waals surface area contributed by atoms with Crippen LogP contribution in [0.4, 0.5) is 0 Å². The minimum Gasteiger partial charge on any atom is -0.494 e. The normalized spacial score (nSPS) is 11.0. The number of fused-ring (bicyclic) bond motifs is 1. The molecule has 8 heteroatoms. The Balaban J connectivity index is 1.94. The van der Waals surface area contributed by atoms with Gasteiger partial charge in [-0.3, -0.25) is 14.2 Å². The molecule has 0 fully saturated rings. The van der Waals surface area contributed by atoms with Gasteiger partial charge in [0.2, 0.25) is 11.7 Å². The Bertz CT molecular complexity index is 1410. The van der Waals surface area contributed by atoms with E-state index in [1.165, 1.54) is 24.5 Å². The summed E-state index contributed by atoms with van der Waals surface area (Å²) in [6.07, 6.45) is 1.43. The molecule has 0 bridgehead atoms. The van der Waals surface area contributed by atoms with Crippen molar-refractivity contribution >= 4 is 38.8 Å². The van der Waals surface area contributed by atoms with Crippen molar-refractivity contribution < 1.29 is 14.3 Å². The highest BCUT2D eigenvalue weighted by atomic mass is 35.5. The van der Waals surface area contributed by atoms with Crippen molar-refractivity contribution in [1.29, 1.82) is 5.26 Å². The van der Waals surface area contributed by atoms with Crippen LogP contribution in [0.5, 0.6) is 5.88 Å². The standard InChI is InChI=1S/C22H15ClN2O4S/c1-11-5-6-14-16(8-11)30-20(18(14)23)19(26)17-12(2)15(9-24)21(27)25(22(17)28)10-13-4-3-7-29-13/h3-8,28H,10H2,1-2H3. The fourth-order valence-corrected chi connectivity index (χ4v) is 4.92. The van der Waals surface area contributed by atoms with E-state index < -0.39 is 17.2 Å². The predicted molar refractivity (Wildman–Crippen MR) is 115 cm³/mol. The van der Waals surface area contributed by atoms with E-state index in [2.05, 4.69) is 0 Å². The maximum Gasteiger partial charge on any atom is 0.271 e. The van der Waals surface area contributed by atoms with Crippen LogP contribution in [0.15, 0.2) is 45.8 Å². The molecule has 0 radical (unpaired) electrons. The number of halogens is 1. The number of carbonyl (C=O) groups excluding carboxylic acids is 1. The summed E-state index contributed by atoms with van der Waals surface area (Å²) >= 11 is 7.68. The van der Waals surface area contributed by atoms with Crippen molar-refractivity contribution in [2.75, 3.05) is 0 Å². The lowest BCUT2D eigenvalue weighted by molar-refractivity contribution is 0.103. The van der Waals surface area contributed by atoms with Gasteiger partial charge in [-0.1, -0.05) is 23.7 Å². The molecule has 30 heavy (non-hydrogen) atoms. The molecule has 150 valence electrons. The number of hydrogen-bond acceptors (Lipinski definition) is 6. The zero-order chi connectivity index (χ0) is 21.6. The number of aromatic hydroxyl groups is 1. The summed E-state index contributed by atoms with van der Waals surface area (Å²) in [7, 11) is 0. The number of rotatable bonds is 4. The van der Waals surface area contributed by atoms with E-state index in [0.717, 1.165) is 20.2 Å². The summed E-state index contributed by atoms with van der Waals surface area (Å²) in [6, 6.07) is 10.8. The van der Waals surface area contributed by atoms with Crippen molar-refractivity contribution in [3.8, 4) is 11.9 Å². The van der Waals surface area contributed by atoms with Crippen LogP contribution in [0.1, 0.15) is 37.7 Å². The summed E-state index contributed by atoms with van der Waals surface area (Å²) in [5.74, 6) is -0.671. The number of furan rings is 1. The third-order valence-electron chi connectivity index (χ3n) is 4.91. The maximum atomic E-state index is 13.4. The first-order chi connectivity index (χ1) is 14.3. The molecule has 4 rings (SSSR count). The Morgan fingerprint density at radius 3 is 2.77 bits per heavy atom. The lowest BCUT2D eigenvalue weighted by atomic mass is 10.0. The fourth-order valence-electron chi connectivity index (χ4n) is 3.36. The van der Waals surface area contributed by atoms with Gasteiger partial charge in [0.1, 0.15) is 17.4 Å². The van der Waals surface area contributed by atoms with Gasteiger partial charge >= 0.3 is 0 Å². The SMILES string of the molecule is Cc1ccc2c(Cl)c(C(=O)c3c(C)c(C#N)c(=O)n(Cc4ccco4)c3O)sc2c1. The molecule has 0 saturated heterocycles. The summed E-state index contributed by atoms with van der Waals surface area (Å²) < 4.78 is 7.05. The van der Waals surface area contributed by atoms with Crippen LogP contribution in [0.25, 0.3) is 10.1 Å². The first kappa shape index (κ1) is 20.0. The molecule has 0 spiro atoms. The molecule has 0 unspecified atom stereocenters. The van der Waals surface area contributed by atoms with E-state index in [1.54, 1.807) is 12.1 Å². The number of benzene rings is 1. The molecule has 0 aliphatic rings. The Morgan fingerprint density at radius 1 is 1.33 bits per heavy atom. The molecule has 3 heterocycles. The van der Waals surface area contributed by atoms with Crippen LogP contribution >= 0.6 is 22.9 Å². The third-order valence-corrected chi connectivity index (χ3v) is 6.57. The van der Waals surface area contributed by atoms with Gasteiger partial charge in [0, 0.05) is 10.1 Å². The number of hydrogen-bond donors (Lipinski definition) is 1. The monoisotopic (exact) mass is 438 g/mol. The molecular weight excluding hydrogens is 424 g/mol. The zero-order valence-electron chi connectivity index (χ0n) is 16.0. The number of aryl methyl sites for hydroxylation is 1. The second-order valence-corrected chi connectivity index (χ2v) is 8.29. The van der Waals surface area contributed by atoms with Gasteiger partial charge in [0.15, 0.2) is 0 Å². The highest BCUT2D eigenvalue weighted by molar-refractivity contribution is 7.21. The van der Waals surface area contributed by atoms with Crippen LogP contribution < -0.4 is 5.56 Å². The van der Waals surface area contributed by atoms with Gasteiger partial charge in [-0.15, -0.1) is 11.3 Å². The molecule has 0 amide bonds. The molecule has 3 aromatic heterocycles. The molecular formula is C22H15ClN2O4S. The number of pyridine rings is 1. The second-order valence-electron chi connectivity index (χ2n) is 6.85. The fraction of sp³-hybridized carbons (Fsp3) is 0.136. The number of thiophene rings is 1.